The number of alkyl halides is 2. The first-order valence-electron chi connectivity index (χ1n) is 3.09. The van der Waals surface area contributed by atoms with Crippen molar-refractivity contribution in [2.24, 2.45) is 0 Å². The number of hydrogen-bond donors (Lipinski definition) is 0. The fraction of sp³-hybridized carbons (Fsp3) is 0.250. The van der Waals surface area contributed by atoms with E-state index in [9.17, 15) is 0 Å². The van der Waals surface area contributed by atoms with Gasteiger partial charge < -0.3 is 0 Å². The van der Waals surface area contributed by atoms with Crippen molar-refractivity contribution in [3.05, 3.63) is 35.9 Å². The van der Waals surface area contributed by atoms with Crippen molar-refractivity contribution >= 4 is 34.2 Å². The quantitative estimate of drug-likeness (QED) is 0.568. The molecular weight excluding hydrogens is 258 g/mol. The van der Waals surface area contributed by atoms with Gasteiger partial charge in [0.15, 0.2) is 0 Å². The lowest BCUT2D eigenvalue weighted by atomic mass is 10.2. The van der Waals surface area contributed by atoms with Gasteiger partial charge in [0, 0.05) is 4.43 Å². The summed E-state index contributed by atoms with van der Waals surface area (Å²) in [4.78, 5) is 0. The topological polar surface area (TPSA) is 0 Å². The van der Waals surface area contributed by atoms with Crippen molar-refractivity contribution < 1.29 is 0 Å². The van der Waals surface area contributed by atoms with Crippen molar-refractivity contribution in [3.63, 3.8) is 0 Å². The van der Waals surface area contributed by atoms with Crippen molar-refractivity contribution in [3.8, 4) is 0 Å². The van der Waals surface area contributed by atoms with Crippen LogP contribution in [0.5, 0.6) is 0 Å². The third kappa shape index (κ3) is 2.13. The Balaban J connectivity index is 2.75. The Morgan fingerprint density at radius 1 is 1.30 bits per heavy atom. The third-order valence-corrected chi connectivity index (χ3v) is 3.10. The van der Waals surface area contributed by atoms with Crippen molar-refractivity contribution in [1.82, 2.24) is 0 Å². The van der Waals surface area contributed by atoms with E-state index in [0.717, 1.165) is 4.43 Å². The molecule has 0 aliphatic rings. The molecule has 1 atom stereocenters. The van der Waals surface area contributed by atoms with E-state index in [1.54, 1.807) is 0 Å². The van der Waals surface area contributed by atoms with Crippen molar-refractivity contribution in [1.29, 1.82) is 0 Å². The van der Waals surface area contributed by atoms with Gasteiger partial charge in [0.05, 0.1) is 5.38 Å². The van der Waals surface area contributed by atoms with E-state index >= 15 is 0 Å². The highest BCUT2D eigenvalue weighted by Gasteiger charge is 2.02. The van der Waals surface area contributed by atoms with Gasteiger partial charge in [0.2, 0.25) is 0 Å². The highest BCUT2D eigenvalue weighted by Crippen LogP contribution is 2.21. The minimum Gasteiger partial charge on any atom is -0.117 e. The predicted molar refractivity (Wildman–Crippen MR) is 53.9 cm³/mol. The molecule has 2 heteroatoms. The van der Waals surface area contributed by atoms with E-state index in [0.29, 0.717) is 0 Å². The van der Waals surface area contributed by atoms with Crippen LogP contribution in [-0.4, -0.2) is 4.43 Å². The molecule has 1 rings (SSSR count). The Morgan fingerprint density at radius 3 is 2.40 bits per heavy atom. The first-order valence-corrected chi connectivity index (χ1v) is 5.06. The summed E-state index contributed by atoms with van der Waals surface area (Å²) in [7, 11) is 0. The molecule has 0 aliphatic heterocycles. The minimum absolute atomic E-state index is 0.168. The molecule has 1 unspecified atom stereocenters. The molecular formula is C8H8ClI. The average Bonchev–Trinajstić information content (AvgIpc) is 2.05. The van der Waals surface area contributed by atoms with E-state index in [4.69, 9.17) is 11.6 Å². The molecule has 0 saturated heterocycles. The van der Waals surface area contributed by atoms with E-state index in [1.165, 1.54) is 5.56 Å². The second kappa shape index (κ2) is 4.19. The molecule has 0 aromatic heterocycles. The lowest BCUT2D eigenvalue weighted by Crippen LogP contribution is -1.88. The van der Waals surface area contributed by atoms with Crippen LogP contribution in [0.4, 0.5) is 0 Å². The summed E-state index contributed by atoms with van der Waals surface area (Å²) in [6.45, 7) is 0. The molecule has 0 amide bonds. The molecule has 0 radical (unpaired) electrons. The first kappa shape index (κ1) is 8.34. The summed E-state index contributed by atoms with van der Waals surface area (Å²) in [5, 5.41) is 0.168. The van der Waals surface area contributed by atoms with Crippen molar-refractivity contribution in [2.45, 2.75) is 5.38 Å². The average molecular weight is 267 g/mol. The summed E-state index contributed by atoms with van der Waals surface area (Å²) < 4.78 is 0.962. The molecule has 1 aromatic rings. The zero-order chi connectivity index (χ0) is 7.40. The predicted octanol–water partition coefficient (Wildman–Crippen LogP) is 3.40. The van der Waals surface area contributed by atoms with Gasteiger partial charge in [-0.2, -0.15) is 0 Å². The maximum atomic E-state index is 5.98. The highest BCUT2D eigenvalue weighted by atomic mass is 127. The lowest BCUT2D eigenvalue weighted by Gasteiger charge is -2.03. The molecule has 0 spiro atoms. The first-order chi connectivity index (χ1) is 4.84. The molecule has 0 nitrogen and oxygen atoms in total. The van der Waals surface area contributed by atoms with Crippen LogP contribution in [-0.2, 0) is 0 Å². The van der Waals surface area contributed by atoms with Gasteiger partial charge in [0.25, 0.3) is 0 Å². The van der Waals surface area contributed by atoms with Crippen molar-refractivity contribution in [2.75, 3.05) is 4.43 Å². The smallest absolute Gasteiger partial charge is 0.0674 e. The van der Waals surface area contributed by atoms with Crippen LogP contribution in [0.3, 0.4) is 0 Å². The summed E-state index contributed by atoms with van der Waals surface area (Å²) in [6, 6.07) is 10.1. The number of benzene rings is 1. The Hall–Kier alpha value is 0.240. The normalized spacial score (nSPS) is 13.0. The zero-order valence-electron chi connectivity index (χ0n) is 5.43. The fourth-order valence-corrected chi connectivity index (χ4v) is 1.40. The molecule has 1 aromatic carbocycles. The summed E-state index contributed by atoms with van der Waals surface area (Å²) in [5.41, 5.74) is 1.21. The van der Waals surface area contributed by atoms with Crippen LogP contribution in [0, 0.1) is 0 Å². The molecule has 0 saturated carbocycles. The Morgan fingerprint density at radius 2 is 1.90 bits per heavy atom. The number of rotatable bonds is 2. The van der Waals surface area contributed by atoms with Gasteiger partial charge in [-0.05, 0) is 5.56 Å². The summed E-state index contributed by atoms with van der Waals surface area (Å²) in [5.74, 6) is 0. The molecule has 0 N–H and O–H groups in total. The number of halogens is 2. The molecule has 0 bridgehead atoms. The summed E-state index contributed by atoms with van der Waals surface area (Å²) >= 11 is 8.27. The van der Waals surface area contributed by atoms with E-state index in [2.05, 4.69) is 34.7 Å². The van der Waals surface area contributed by atoms with Crippen LogP contribution in [0.1, 0.15) is 10.9 Å². The van der Waals surface area contributed by atoms with Crippen LogP contribution in [0.25, 0.3) is 0 Å². The second-order valence-corrected chi connectivity index (χ2v) is 3.44. The Bertz CT molecular complexity index is 186. The van der Waals surface area contributed by atoms with Crippen LogP contribution >= 0.6 is 34.2 Å². The highest BCUT2D eigenvalue weighted by molar-refractivity contribution is 14.1. The van der Waals surface area contributed by atoms with Crippen LogP contribution in [0.15, 0.2) is 30.3 Å². The lowest BCUT2D eigenvalue weighted by molar-refractivity contribution is 1.12. The maximum absolute atomic E-state index is 5.98. The van der Waals surface area contributed by atoms with Gasteiger partial charge in [-0.25, -0.2) is 0 Å². The minimum atomic E-state index is 0.168. The zero-order valence-corrected chi connectivity index (χ0v) is 8.34. The molecule has 10 heavy (non-hydrogen) atoms. The summed E-state index contributed by atoms with van der Waals surface area (Å²) in [6.07, 6.45) is 0. The van der Waals surface area contributed by atoms with Gasteiger partial charge in [-0.1, -0.05) is 52.9 Å². The molecule has 0 fully saturated rings. The Kier molecular flexibility index (Phi) is 3.49. The van der Waals surface area contributed by atoms with Crippen LogP contribution in [0.2, 0.25) is 0 Å². The van der Waals surface area contributed by atoms with E-state index in [-0.39, 0.29) is 5.38 Å². The monoisotopic (exact) mass is 266 g/mol. The number of hydrogen-bond acceptors (Lipinski definition) is 0. The van der Waals surface area contributed by atoms with Gasteiger partial charge in [-0.15, -0.1) is 11.6 Å². The van der Waals surface area contributed by atoms with E-state index < -0.39 is 0 Å². The van der Waals surface area contributed by atoms with Gasteiger partial charge in [-0.3, -0.25) is 0 Å². The van der Waals surface area contributed by atoms with Gasteiger partial charge >= 0.3 is 0 Å². The standard InChI is InChI=1S/C8H8ClI/c9-8(6-10)7-4-2-1-3-5-7/h1-5,8H,6H2. The van der Waals surface area contributed by atoms with Crippen LogP contribution < -0.4 is 0 Å². The van der Waals surface area contributed by atoms with E-state index in [1.807, 2.05) is 18.2 Å². The molecule has 0 heterocycles. The largest absolute Gasteiger partial charge is 0.117 e. The third-order valence-electron chi connectivity index (χ3n) is 1.30. The Labute approximate surface area is 79.7 Å². The molecule has 0 aliphatic carbocycles. The molecule has 54 valence electrons. The second-order valence-electron chi connectivity index (χ2n) is 2.03. The SMILES string of the molecule is ClC(CI)c1ccccc1. The van der Waals surface area contributed by atoms with Gasteiger partial charge in [0.1, 0.15) is 0 Å². The fourth-order valence-electron chi connectivity index (χ4n) is 0.751. The maximum Gasteiger partial charge on any atom is 0.0674 e.